The highest BCUT2D eigenvalue weighted by Crippen LogP contribution is 2.20. The standard InChI is InChI=1S/C14H12O4/c15-10-3-1-2-9(8-10)4-5-11(16)14-12(17)6-7-13(14)18/h1-5,8,14-15H,6-7H2/b5-4+. The molecule has 1 saturated carbocycles. The highest BCUT2D eigenvalue weighted by Gasteiger charge is 2.37. The van der Waals surface area contributed by atoms with Gasteiger partial charge in [-0.05, 0) is 23.8 Å². The molecule has 0 aromatic heterocycles. The molecule has 1 aliphatic rings. The largest absolute Gasteiger partial charge is 0.508 e. The lowest BCUT2D eigenvalue weighted by molar-refractivity contribution is -0.133. The van der Waals surface area contributed by atoms with E-state index >= 15 is 0 Å². The molecular formula is C14H12O4. The smallest absolute Gasteiger partial charge is 0.173 e. The zero-order valence-corrected chi connectivity index (χ0v) is 9.63. The molecule has 1 N–H and O–H groups in total. The Balaban J connectivity index is 2.12. The third-order valence-corrected chi connectivity index (χ3v) is 2.86. The molecule has 0 radical (unpaired) electrons. The molecule has 4 heteroatoms. The van der Waals surface area contributed by atoms with Gasteiger partial charge in [0.15, 0.2) is 17.3 Å². The molecule has 18 heavy (non-hydrogen) atoms. The van der Waals surface area contributed by atoms with Crippen LogP contribution in [0.15, 0.2) is 30.3 Å². The van der Waals surface area contributed by atoms with E-state index in [0.717, 1.165) is 0 Å². The van der Waals surface area contributed by atoms with Gasteiger partial charge in [0.1, 0.15) is 11.7 Å². The van der Waals surface area contributed by atoms with Gasteiger partial charge in [-0.25, -0.2) is 0 Å². The summed E-state index contributed by atoms with van der Waals surface area (Å²) in [7, 11) is 0. The number of rotatable bonds is 3. The summed E-state index contributed by atoms with van der Waals surface area (Å²) in [5, 5.41) is 9.25. The number of phenols is 1. The van der Waals surface area contributed by atoms with Gasteiger partial charge in [0.05, 0.1) is 0 Å². The summed E-state index contributed by atoms with van der Waals surface area (Å²) in [6, 6.07) is 6.36. The summed E-state index contributed by atoms with van der Waals surface area (Å²) in [6.07, 6.45) is 3.03. The van der Waals surface area contributed by atoms with Gasteiger partial charge in [-0.3, -0.25) is 14.4 Å². The lowest BCUT2D eigenvalue weighted by Gasteiger charge is -2.00. The van der Waals surface area contributed by atoms with Gasteiger partial charge in [0.2, 0.25) is 0 Å². The van der Waals surface area contributed by atoms with E-state index in [4.69, 9.17) is 0 Å². The Labute approximate surface area is 104 Å². The van der Waals surface area contributed by atoms with Gasteiger partial charge in [-0.2, -0.15) is 0 Å². The number of aromatic hydroxyl groups is 1. The normalized spacial score (nSPS) is 16.7. The van der Waals surface area contributed by atoms with Crippen LogP contribution in [-0.2, 0) is 14.4 Å². The summed E-state index contributed by atoms with van der Waals surface area (Å²) in [5.74, 6) is -2.10. The molecule has 1 aromatic carbocycles. The first-order valence-corrected chi connectivity index (χ1v) is 5.64. The first-order chi connectivity index (χ1) is 8.58. The number of hydrogen-bond acceptors (Lipinski definition) is 4. The fourth-order valence-electron chi connectivity index (χ4n) is 1.94. The number of carbonyl (C=O) groups excluding carboxylic acids is 3. The van der Waals surface area contributed by atoms with Crippen LogP contribution in [0.25, 0.3) is 6.08 Å². The van der Waals surface area contributed by atoms with E-state index in [9.17, 15) is 19.5 Å². The van der Waals surface area contributed by atoms with Crippen molar-refractivity contribution in [3.63, 3.8) is 0 Å². The molecule has 1 fully saturated rings. The molecule has 2 rings (SSSR count). The molecular weight excluding hydrogens is 232 g/mol. The summed E-state index contributed by atoms with van der Waals surface area (Å²) in [6.45, 7) is 0. The molecule has 0 heterocycles. The van der Waals surface area contributed by atoms with Crippen molar-refractivity contribution in [2.75, 3.05) is 0 Å². The van der Waals surface area contributed by atoms with Gasteiger partial charge >= 0.3 is 0 Å². The van der Waals surface area contributed by atoms with Crippen molar-refractivity contribution in [3.8, 4) is 5.75 Å². The second-order valence-electron chi connectivity index (χ2n) is 4.20. The van der Waals surface area contributed by atoms with E-state index in [1.54, 1.807) is 12.1 Å². The van der Waals surface area contributed by atoms with Crippen LogP contribution in [0.3, 0.4) is 0 Å². The molecule has 0 atom stereocenters. The Kier molecular flexibility index (Phi) is 3.37. The second kappa shape index (κ2) is 4.96. The van der Waals surface area contributed by atoms with Crippen LogP contribution in [-0.4, -0.2) is 22.5 Å². The molecule has 0 unspecified atom stereocenters. The number of Topliss-reactive ketones (excluding diaryl/α,β-unsaturated/α-hetero) is 2. The summed E-state index contributed by atoms with van der Waals surface area (Å²) < 4.78 is 0. The highest BCUT2D eigenvalue weighted by molar-refractivity contribution is 6.26. The van der Waals surface area contributed by atoms with Crippen LogP contribution in [0, 0.1) is 5.92 Å². The van der Waals surface area contributed by atoms with Crippen molar-refractivity contribution in [3.05, 3.63) is 35.9 Å². The number of allylic oxidation sites excluding steroid dienone is 1. The van der Waals surface area contributed by atoms with E-state index in [-0.39, 0.29) is 30.2 Å². The molecule has 0 saturated heterocycles. The molecule has 0 amide bonds. The van der Waals surface area contributed by atoms with Crippen LogP contribution in [0.5, 0.6) is 5.75 Å². The number of hydrogen-bond donors (Lipinski definition) is 1. The lowest BCUT2D eigenvalue weighted by atomic mass is 9.99. The molecule has 0 spiro atoms. The average Bonchev–Trinajstić information content (AvgIpc) is 2.66. The summed E-state index contributed by atoms with van der Waals surface area (Å²) in [5.41, 5.74) is 0.640. The molecule has 4 nitrogen and oxygen atoms in total. The Morgan fingerprint density at radius 1 is 1.22 bits per heavy atom. The van der Waals surface area contributed by atoms with E-state index in [0.29, 0.717) is 5.56 Å². The highest BCUT2D eigenvalue weighted by atomic mass is 16.3. The molecule has 0 aliphatic heterocycles. The zero-order valence-electron chi connectivity index (χ0n) is 9.63. The van der Waals surface area contributed by atoms with Crippen molar-refractivity contribution < 1.29 is 19.5 Å². The van der Waals surface area contributed by atoms with Crippen LogP contribution in [0.2, 0.25) is 0 Å². The maximum absolute atomic E-state index is 11.7. The van der Waals surface area contributed by atoms with Crippen molar-refractivity contribution in [2.24, 2.45) is 5.92 Å². The van der Waals surface area contributed by atoms with Crippen LogP contribution < -0.4 is 0 Å². The molecule has 1 aliphatic carbocycles. The third kappa shape index (κ3) is 2.53. The minimum Gasteiger partial charge on any atom is -0.508 e. The Hall–Kier alpha value is -2.23. The average molecular weight is 244 g/mol. The van der Waals surface area contributed by atoms with E-state index in [1.807, 2.05) is 0 Å². The molecule has 0 bridgehead atoms. The van der Waals surface area contributed by atoms with E-state index < -0.39 is 11.7 Å². The maximum atomic E-state index is 11.7. The lowest BCUT2D eigenvalue weighted by Crippen LogP contribution is -2.23. The van der Waals surface area contributed by atoms with Gasteiger partial charge < -0.3 is 5.11 Å². The Morgan fingerprint density at radius 3 is 2.50 bits per heavy atom. The predicted molar refractivity (Wildman–Crippen MR) is 64.9 cm³/mol. The number of phenolic OH excluding ortho intramolecular Hbond substituents is 1. The van der Waals surface area contributed by atoms with Crippen molar-refractivity contribution >= 4 is 23.4 Å². The Morgan fingerprint density at radius 2 is 1.89 bits per heavy atom. The summed E-state index contributed by atoms with van der Waals surface area (Å²) in [4.78, 5) is 34.5. The van der Waals surface area contributed by atoms with Crippen LogP contribution in [0.4, 0.5) is 0 Å². The predicted octanol–water partition coefficient (Wildman–Crippen LogP) is 1.52. The maximum Gasteiger partial charge on any atom is 0.173 e. The number of benzene rings is 1. The van der Waals surface area contributed by atoms with Gasteiger partial charge in [-0.1, -0.05) is 18.2 Å². The first-order valence-electron chi connectivity index (χ1n) is 5.64. The summed E-state index contributed by atoms with van der Waals surface area (Å²) >= 11 is 0. The van der Waals surface area contributed by atoms with E-state index in [2.05, 4.69) is 0 Å². The Bertz CT molecular complexity index is 526. The molecule has 92 valence electrons. The van der Waals surface area contributed by atoms with Crippen molar-refractivity contribution in [1.29, 1.82) is 0 Å². The number of carbonyl (C=O) groups is 3. The monoisotopic (exact) mass is 244 g/mol. The fourth-order valence-corrected chi connectivity index (χ4v) is 1.94. The van der Waals surface area contributed by atoms with Crippen LogP contribution >= 0.6 is 0 Å². The van der Waals surface area contributed by atoms with Crippen LogP contribution in [0.1, 0.15) is 18.4 Å². The quantitative estimate of drug-likeness (QED) is 0.646. The topological polar surface area (TPSA) is 71.4 Å². The number of ketones is 3. The minimum atomic E-state index is -1.11. The van der Waals surface area contributed by atoms with Crippen molar-refractivity contribution in [2.45, 2.75) is 12.8 Å². The third-order valence-electron chi connectivity index (χ3n) is 2.86. The SMILES string of the molecule is O=C(/C=C/c1cccc(O)c1)C1C(=O)CCC1=O. The second-order valence-corrected chi connectivity index (χ2v) is 4.20. The van der Waals surface area contributed by atoms with Gasteiger partial charge in [0.25, 0.3) is 0 Å². The van der Waals surface area contributed by atoms with E-state index in [1.165, 1.54) is 24.3 Å². The van der Waals surface area contributed by atoms with Gasteiger partial charge in [0, 0.05) is 12.8 Å². The molecule has 1 aromatic rings. The zero-order chi connectivity index (χ0) is 13.1. The van der Waals surface area contributed by atoms with Gasteiger partial charge in [-0.15, -0.1) is 0 Å². The minimum absolute atomic E-state index is 0.0950. The fraction of sp³-hybridized carbons (Fsp3) is 0.214. The van der Waals surface area contributed by atoms with Crippen molar-refractivity contribution in [1.82, 2.24) is 0 Å². The first kappa shape index (κ1) is 12.2.